The van der Waals surface area contributed by atoms with Crippen molar-refractivity contribution in [3.8, 4) is 0 Å². The van der Waals surface area contributed by atoms with Crippen molar-refractivity contribution in [3.63, 3.8) is 0 Å². The zero-order valence-corrected chi connectivity index (χ0v) is 8.92. The van der Waals surface area contributed by atoms with Gasteiger partial charge < -0.3 is 4.74 Å². The Hall–Kier alpha value is -1.29. The Kier molecular flexibility index (Phi) is 4.12. The quantitative estimate of drug-likeness (QED) is 0.706. The molecule has 1 atom stereocenters. The summed E-state index contributed by atoms with van der Waals surface area (Å²) in [5.74, 6) is -3.49. The van der Waals surface area contributed by atoms with Crippen LogP contribution in [0.4, 0.5) is 13.2 Å². The van der Waals surface area contributed by atoms with Crippen LogP contribution in [0.25, 0.3) is 0 Å². The van der Waals surface area contributed by atoms with Crippen LogP contribution in [0.5, 0.6) is 0 Å². The van der Waals surface area contributed by atoms with Crippen LogP contribution in [0.2, 0.25) is 0 Å². The fourth-order valence-corrected chi connectivity index (χ4v) is 1.42. The van der Waals surface area contributed by atoms with Gasteiger partial charge in [-0.05, 0) is 17.7 Å². The molecule has 0 bridgehead atoms. The van der Waals surface area contributed by atoms with Gasteiger partial charge in [-0.2, -0.15) is 0 Å². The van der Waals surface area contributed by atoms with Crippen molar-refractivity contribution in [1.29, 1.82) is 0 Å². The van der Waals surface area contributed by atoms with Crippen molar-refractivity contribution >= 4 is 0 Å². The van der Waals surface area contributed by atoms with Crippen molar-refractivity contribution in [2.45, 2.75) is 18.4 Å². The lowest BCUT2D eigenvalue weighted by Crippen LogP contribution is -2.35. The van der Waals surface area contributed by atoms with Crippen LogP contribution in [0.15, 0.2) is 36.9 Å². The van der Waals surface area contributed by atoms with Gasteiger partial charge in [-0.15, -0.1) is 6.58 Å². The molecule has 0 aromatic heterocycles. The third-order valence-electron chi connectivity index (χ3n) is 2.24. The van der Waals surface area contributed by atoms with Gasteiger partial charge >= 0.3 is 0 Å². The average molecular weight is 230 g/mol. The molecule has 0 aliphatic heterocycles. The van der Waals surface area contributed by atoms with Crippen molar-refractivity contribution in [3.05, 3.63) is 48.3 Å². The van der Waals surface area contributed by atoms with Crippen molar-refractivity contribution in [1.82, 2.24) is 0 Å². The van der Waals surface area contributed by atoms with Crippen LogP contribution in [0.1, 0.15) is 5.56 Å². The molecule has 1 aromatic carbocycles. The summed E-state index contributed by atoms with van der Waals surface area (Å²) in [5.41, 5.74) is 0.357. The van der Waals surface area contributed by atoms with Crippen LogP contribution >= 0.6 is 0 Å². The topological polar surface area (TPSA) is 9.23 Å². The van der Waals surface area contributed by atoms with E-state index in [1.54, 1.807) is 0 Å². The lowest BCUT2D eigenvalue weighted by Gasteiger charge is -2.23. The normalized spacial score (nSPS) is 13.5. The minimum atomic E-state index is -3.05. The highest BCUT2D eigenvalue weighted by atomic mass is 19.3. The van der Waals surface area contributed by atoms with Gasteiger partial charge in [0.15, 0.2) is 0 Å². The molecule has 16 heavy (non-hydrogen) atoms. The number of hydrogen-bond donors (Lipinski definition) is 0. The summed E-state index contributed by atoms with van der Waals surface area (Å²) in [6.07, 6.45) is -0.779. The molecule has 0 aliphatic rings. The van der Waals surface area contributed by atoms with Gasteiger partial charge in [0.05, 0.1) is 0 Å². The molecule has 0 spiro atoms. The molecule has 1 aromatic rings. The van der Waals surface area contributed by atoms with Gasteiger partial charge in [0.2, 0.25) is 0 Å². The molecule has 1 unspecified atom stereocenters. The first-order valence-corrected chi connectivity index (χ1v) is 4.77. The number of hydrogen-bond acceptors (Lipinski definition) is 1. The summed E-state index contributed by atoms with van der Waals surface area (Å²) in [4.78, 5) is 0. The largest absolute Gasteiger partial charge is 0.371 e. The number of alkyl halides is 2. The molecule has 0 saturated heterocycles. The second-order valence-electron chi connectivity index (χ2n) is 3.46. The lowest BCUT2D eigenvalue weighted by molar-refractivity contribution is -0.101. The Morgan fingerprint density at radius 2 is 1.94 bits per heavy atom. The monoisotopic (exact) mass is 230 g/mol. The van der Waals surface area contributed by atoms with Gasteiger partial charge in [0.1, 0.15) is 11.9 Å². The third-order valence-corrected chi connectivity index (χ3v) is 2.24. The molecule has 4 heteroatoms. The third kappa shape index (κ3) is 3.10. The summed E-state index contributed by atoms with van der Waals surface area (Å²) in [7, 11) is 1.20. The first kappa shape index (κ1) is 12.8. The Balaban J connectivity index is 2.78. The highest BCUT2D eigenvalue weighted by Crippen LogP contribution is 2.26. The molecule has 88 valence electrons. The van der Waals surface area contributed by atoms with E-state index in [0.29, 0.717) is 5.56 Å². The summed E-state index contributed by atoms with van der Waals surface area (Å²) < 4.78 is 44.4. The maximum atomic E-state index is 13.6. The SMILES string of the molecule is C=CC(OC)C(F)(F)Cc1ccc(F)cc1. The smallest absolute Gasteiger partial charge is 0.281 e. The van der Waals surface area contributed by atoms with Crippen LogP contribution in [0.3, 0.4) is 0 Å². The molecule has 1 nitrogen and oxygen atoms in total. The lowest BCUT2D eigenvalue weighted by atomic mass is 10.0. The van der Waals surface area contributed by atoms with E-state index in [0.717, 1.165) is 18.2 Å². The molecule has 0 heterocycles. The zero-order chi connectivity index (χ0) is 12.2. The maximum Gasteiger partial charge on any atom is 0.281 e. The standard InChI is InChI=1S/C12H13F3O/c1-3-11(16-2)12(14,15)8-9-4-6-10(13)7-5-9/h3-7,11H,1,8H2,2H3. The highest BCUT2D eigenvalue weighted by molar-refractivity contribution is 5.18. The fraction of sp³-hybridized carbons (Fsp3) is 0.333. The number of halogens is 3. The van der Waals surface area contributed by atoms with E-state index < -0.39 is 24.3 Å². The second kappa shape index (κ2) is 5.16. The molecule has 0 N–H and O–H groups in total. The Bertz CT molecular complexity index is 346. The Labute approximate surface area is 92.5 Å². The minimum absolute atomic E-state index is 0.357. The van der Waals surface area contributed by atoms with Crippen LogP contribution in [-0.4, -0.2) is 19.1 Å². The van der Waals surface area contributed by atoms with Crippen LogP contribution < -0.4 is 0 Å². The molecular formula is C12H13F3O. The van der Waals surface area contributed by atoms with E-state index in [1.807, 2.05) is 0 Å². The van der Waals surface area contributed by atoms with Gasteiger partial charge in [-0.3, -0.25) is 0 Å². The summed E-state index contributed by atoms with van der Waals surface area (Å²) >= 11 is 0. The van der Waals surface area contributed by atoms with E-state index in [-0.39, 0.29) is 0 Å². The van der Waals surface area contributed by atoms with Crippen molar-refractivity contribution in [2.75, 3.05) is 7.11 Å². The molecule has 0 fully saturated rings. The van der Waals surface area contributed by atoms with Gasteiger partial charge in [0, 0.05) is 13.5 Å². The number of ether oxygens (including phenoxy) is 1. The Morgan fingerprint density at radius 1 is 1.38 bits per heavy atom. The fourth-order valence-electron chi connectivity index (χ4n) is 1.42. The van der Waals surface area contributed by atoms with E-state index >= 15 is 0 Å². The van der Waals surface area contributed by atoms with Crippen molar-refractivity contribution in [2.24, 2.45) is 0 Å². The molecule has 0 radical (unpaired) electrons. The second-order valence-corrected chi connectivity index (χ2v) is 3.46. The number of methoxy groups -OCH3 is 1. The van der Waals surface area contributed by atoms with E-state index in [2.05, 4.69) is 11.3 Å². The van der Waals surface area contributed by atoms with Crippen LogP contribution in [0, 0.1) is 5.82 Å². The molecule has 1 rings (SSSR count). The van der Waals surface area contributed by atoms with Crippen molar-refractivity contribution < 1.29 is 17.9 Å². The first-order valence-electron chi connectivity index (χ1n) is 4.77. The molecule has 0 saturated carbocycles. The van der Waals surface area contributed by atoms with E-state index in [9.17, 15) is 13.2 Å². The molecule has 0 amide bonds. The predicted octanol–water partition coefficient (Wildman–Crippen LogP) is 3.20. The van der Waals surface area contributed by atoms with Crippen LogP contribution in [-0.2, 0) is 11.2 Å². The van der Waals surface area contributed by atoms with E-state index in [4.69, 9.17) is 0 Å². The van der Waals surface area contributed by atoms with Gasteiger partial charge in [0.25, 0.3) is 5.92 Å². The highest BCUT2D eigenvalue weighted by Gasteiger charge is 2.37. The minimum Gasteiger partial charge on any atom is -0.371 e. The molecular weight excluding hydrogens is 217 g/mol. The van der Waals surface area contributed by atoms with E-state index in [1.165, 1.54) is 19.2 Å². The maximum absolute atomic E-state index is 13.6. The number of rotatable bonds is 5. The summed E-state index contributed by atoms with van der Waals surface area (Å²) in [6.45, 7) is 3.29. The number of benzene rings is 1. The summed E-state index contributed by atoms with van der Waals surface area (Å²) in [6, 6.07) is 4.97. The molecule has 0 aliphatic carbocycles. The predicted molar refractivity (Wildman–Crippen MR) is 56.0 cm³/mol. The summed E-state index contributed by atoms with van der Waals surface area (Å²) in [5, 5.41) is 0. The Morgan fingerprint density at radius 3 is 2.38 bits per heavy atom. The first-order chi connectivity index (χ1) is 7.49. The van der Waals surface area contributed by atoms with Gasteiger partial charge in [-0.1, -0.05) is 18.2 Å². The van der Waals surface area contributed by atoms with Gasteiger partial charge in [-0.25, -0.2) is 13.2 Å². The zero-order valence-electron chi connectivity index (χ0n) is 8.92. The average Bonchev–Trinajstić information content (AvgIpc) is 2.22.